The summed E-state index contributed by atoms with van der Waals surface area (Å²) in [5.41, 5.74) is 5.65. The van der Waals surface area contributed by atoms with Crippen molar-refractivity contribution in [2.24, 2.45) is 5.41 Å². The Morgan fingerprint density at radius 2 is 1.71 bits per heavy atom. The van der Waals surface area contributed by atoms with E-state index in [2.05, 4.69) is 4.85 Å². The second-order valence-electron chi connectivity index (χ2n) is 7.87. The lowest BCUT2D eigenvalue weighted by Crippen LogP contribution is -2.35. The highest BCUT2D eigenvalue weighted by atomic mass is 19.1. The minimum Gasteiger partial charge on any atom is -0.294 e. The molecule has 3 heteroatoms. The van der Waals surface area contributed by atoms with Gasteiger partial charge in [0.1, 0.15) is 5.82 Å². The fourth-order valence-electron chi connectivity index (χ4n) is 4.82. The monoisotopic (exact) mass is 367 g/mol. The Bertz CT molecular complexity index is 1170. The predicted molar refractivity (Wildman–Crippen MR) is 107 cm³/mol. The zero-order chi connectivity index (χ0) is 19.3. The van der Waals surface area contributed by atoms with Gasteiger partial charge in [0, 0.05) is 11.0 Å². The van der Waals surface area contributed by atoms with Crippen LogP contribution in [0.15, 0.2) is 60.7 Å². The van der Waals surface area contributed by atoms with Gasteiger partial charge in [-0.2, -0.15) is 0 Å². The van der Waals surface area contributed by atoms with Crippen molar-refractivity contribution >= 4 is 11.5 Å². The first-order chi connectivity index (χ1) is 13.6. The lowest BCUT2D eigenvalue weighted by atomic mass is 9.69. The van der Waals surface area contributed by atoms with Crippen LogP contribution in [0, 0.1) is 17.8 Å². The van der Waals surface area contributed by atoms with Crippen LogP contribution >= 0.6 is 0 Å². The minimum absolute atomic E-state index is 0.155. The van der Waals surface area contributed by atoms with Crippen molar-refractivity contribution in [2.45, 2.75) is 25.7 Å². The molecular weight excluding hydrogens is 349 g/mol. The van der Waals surface area contributed by atoms with Gasteiger partial charge in [-0.3, -0.25) is 4.79 Å². The summed E-state index contributed by atoms with van der Waals surface area (Å²) >= 11 is 0. The minimum atomic E-state index is -0.444. The highest BCUT2D eigenvalue weighted by Gasteiger charge is 2.47. The van der Waals surface area contributed by atoms with Crippen LogP contribution in [-0.2, 0) is 19.3 Å². The highest BCUT2D eigenvalue weighted by molar-refractivity contribution is 6.06. The largest absolute Gasteiger partial charge is 0.294 e. The van der Waals surface area contributed by atoms with Crippen molar-refractivity contribution in [3.8, 4) is 11.1 Å². The number of rotatable bonds is 1. The Kier molecular flexibility index (Phi) is 3.70. The molecule has 0 aliphatic heterocycles. The molecule has 1 unspecified atom stereocenters. The quantitative estimate of drug-likeness (QED) is 0.487. The normalized spacial score (nSPS) is 19.9. The van der Waals surface area contributed by atoms with Gasteiger partial charge in [0.15, 0.2) is 11.5 Å². The molecule has 5 rings (SSSR count). The van der Waals surface area contributed by atoms with Crippen molar-refractivity contribution in [2.75, 3.05) is 0 Å². The van der Waals surface area contributed by atoms with Gasteiger partial charge in [0.2, 0.25) is 0 Å². The fraction of sp³-hybridized carbons (Fsp3) is 0.200. The van der Waals surface area contributed by atoms with Gasteiger partial charge in [-0.25, -0.2) is 9.24 Å². The first-order valence-electron chi connectivity index (χ1n) is 9.52. The van der Waals surface area contributed by atoms with E-state index in [1.807, 2.05) is 42.5 Å². The second kappa shape index (κ2) is 6.14. The molecule has 3 aromatic carbocycles. The molecule has 0 aromatic heterocycles. The number of ketones is 1. The SMILES string of the molecule is [C-]#[N+]c1cccc(-c2ccc3c(c2)C(=O)C2(CCc4c(F)cccc4C2)C3)c1. The number of halogens is 1. The number of hydrogen-bond donors (Lipinski definition) is 0. The molecule has 2 nitrogen and oxygen atoms in total. The Balaban J connectivity index is 1.52. The third-order valence-corrected chi connectivity index (χ3v) is 6.27. The van der Waals surface area contributed by atoms with Gasteiger partial charge in [-0.15, -0.1) is 0 Å². The molecule has 136 valence electrons. The van der Waals surface area contributed by atoms with E-state index in [-0.39, 0.29) is 11.6 Å². The van der Waals surface area contributed by atoms with Crippen LogP contribution in [-0.4, -0.2) is 5.78 Å². The standard InChI is InChI=1S/C25H18FNO/c1-27-20-6-2-4-16(12-20)17-8-9-19-15-25(24(28)22(19)13-17)11-10-21-18(14-25)5-3-7-23(21)26/h2-9,12-13H,10-11,14-15H2. The second-order valence-corrected chi connectivity index (χ2v) is 7.87. The molecule has 1 spiro atoms. The van der Waals surface area contributed by atoms with Gasteiger partial charge >= 0.3 is 0 Å². The summed E-state index contributed by atoms with van der Waals surface area (Å²) < 4.78 is 14.1. The topological polar surface area (TPSA) is 21.4 Å². The number of hydrogen-bond acceptors (Lipinski definition) is 1. The van der Waals surface area contributed by atoms with Crippen molar-refractivity contribution in [1.29, 1.82) is 0 Å². The molecule has 28 heavy (non-hydrogen) atoms. The number of fused-ring (bicyclic) bond motifs is 2. The van der Waals surface area contributed by atoms with E-state index in [9.17, 15) is 9.18 Å². The molecular formula is C25H18FNO. The number of carbonyl (C=O) groups is 1. The van der Waals surface area contributed by atoms with Crippen LogP contribution in [0.2, 0.25) is 0 Å². The average Bonchev–Trinajstić information content (AvgIpc) is 2.99. The van der Waals surface area contributed by atoms with Crippen LogP contribution in [0.5, 0.6) is 0 Å². The number of Topliss-reactive ketones (excluding diaryl/α,β-unsaturated/α-hetero) is 1. The van der Waals surface area contributed by atoms with E-state index in [1.54, 1.807) is 12.1 Å². The molecule has 0 N–H and O–H groups in total. The smallest absolute Gasteiger partial charge is 0.187 e. The maximum absolute atomic E-state index is 14.1. The highest BCUT2D eigenvalue weighted by Crippen LogP contribution is 2.47. The number of carbonyl (C=O) groups excluding carboxylic acids is 1. The average molecular weight is 367 g/mol. The van der Waals surface area contributed by atoms with Crippen LogP contribution in [0.25, 0.3) is 16.0 Å². The molecule has 2 aliphatic rings. The summed E-state index contributed by atoms with van der Waals surface area (Å²) in [7, 11) is 0. The Morgan fingerprint density at radius 1 is 0.929 bits per heavy atom. The summed E-state index contributed by atoms with van der Waals surface area (Å²) in [6, 6.07) is 18.7. The van der Waals surface area contributed by atoms with Crippen LogP contribution in [0.4, 0.5) is 10.1 Å². The molecule has 0 saturated heterocycles. The van der Waals surface area contributed by atoms with Crippen molar-refractivity contribution < 1.29 is 9.18 Å². The van der Waals surface area contributed by atoms with Gasteiger partial charge in [-0.05, 0) is 71.7 Å². The van der Waals surface area contributed by atoms with E-state index < -0.39 is 5.41 Å². The van der Waals surface area contributed by atoms with E-state index >= 15 is 0 Å². The Labute approximate surface area is 163 Å². The van der Waals surface area contributed by atoms with Crippen LogP contribution < -0.4 is 0 Å². The van der Waals surface area contributed by atoms with Gasteiger partial charge in [0.05, 0.1) is 6.57 Å². The van der Waals surface area contributed by atoms with Crippen LogP contribution in [0.1, 0.15) is 33.5 Å². The summed E-state index contributed by atoms with van der Waals surface area (Å²) in [5.74, 6) is 0.0258. The fourth-order valence-corrected chi connectivity index (χ4v) is 4.82. The van der Waals surface area contributed by atoms with Gasteiger partial charge < -0.3 is 0 Å². The molecule has 0 fully saturated rings. The number of nitrogens with zero attached hydrogens (tertiary/aromatic N) is 1. The molecule has 1 atom stereocenters. The molecule has 0 saturated carbocycles. The van der Waals surface area contributed by atoms with Crippen molar-refractivity contribution in [3.63, 3.8) is 0 Å². The summed E-state index contributed by atoms with van der Waals surface area (Å²) in [4.78, 5) is 16.9. The van der Waals surface area contributed by atoms with Crippen molar-refractivity contribution in [3.05, 3.63) is 100 Å². The van der Waals surface area contributed by atoms with E-state index in [1.165, 1.54) is 6.07 Å². The molecule has 0 radical (unpaired) electrons. The van der Waals surface area contributed by atoms with E-state index in [0.29, 0.717) is 24.9 Å². The maximum atomic E-state index is 14.1. The third-order valence-electron chi connectivity index (χ3n) is 6.27. The van der Waals surface area contributed by atoms with Crippen LogP contribution in [0.3, 0.4) is 0 Å². The van der Waals surface area contributed by atoms with E-state index in [0.717, 1.165) is 39.8 Å². The first-order valence-corrected chi connectivity index (χ1v) is 9.52. The lowest BCUT2D eigenvalue weighted by Gasteiger charge is -2.33. The van der Waals surface area contributed by atoms with E-state index in [4.69, 9.17) is 6.57 Å². The lowest BCUT2D eigenvalue weighted by molar-refractivity contribution is 0.0793. The molecule has 0 heterocycles. The predicted octanol–water partition coefficient (Wildman–Crippen LogP) is 5.96. The maximum Gasteiger partial charge on any atom is 0.187 e. The van der Waals surface area contributed by atoms with Crippen molar-refractivity contribution in [1.82, 2.24) is 0 Å². The summed E-state index contributed by atoms with van der Waals surface area (Å²) in [6.45, 7) is 7.21. The molecule has 0 bridgehead atoms. The summed E-state index contributed by atoms with van der Waals surface area (Å²) in [5, 5.41) is 0. The van der Waals surface area contributed by atoms with Gasteiger partial charge in [-0.1, -0.05) is 42.5 Å². The molecule has 0 amide bonds. The Morgan fingerprint density at radius 3 is 2.57 bits per heavy atom. The van der Waals surface area contributed by atoms with Gasteiger partial charge in [0.25, 0.3) is 0 Å². The Hall–Kier alpha value is -3.25. The molecule has 2 aliphatic carbocycles. The molecule has 3 aromatic rings. The first kappa shape index (κ1) is 16.9. The zero-order valence-corrected chi connectivity index (χ0v) is 15.3. The number of benzene rings is 3. The summed E-state index contributed by atoms with van der Waals surface area (Å²) in [6.07, 6.45) is 2.63. The zero-order valence-electron chi connectivity index (χ0n) is 15.3. The third kappa shape index (κ3) is 2.49.